The molecule has 0 saturated heterocycles. The van der Waals surface area contributed by atoms with Crippen LogP contribution in [0.25, 0.3) is 5.70 Å². The lowest BCUT2D eigenvalue weighted by Crippen LogP contribution is -2.35. The molecule has 0 saturated carbocycles. The third kappa shape index (κ3) is 3.32. The minimum absolute atomic E-state index is 0.0706. The molecule has 108 valence electrons. The van der Waals surface area contributed by atoms with E-state index in [4.69, 9.17) is 16.3 Å². The first-order valence-corrected chi connectivity index (χ1v) is 8.70. The molecule has 1 aliphatic heterocycles. The molecule has 0 fully saturated rings. The van der Waals surface area contributed by atoms with Crippen molar-refractivity contribution in [1.29, 1.82) is 0 Å². The molecule has 1 aliphatic rings. The Labute approximate surface area is 136 Å². The van der Waals surface area contributed by atoms with Crippen molar-refractivity contribution in [3.63, 3.8) is 0 Å². The van der Waals surface area contributed by atoms with Gasteiger partial charge in [-0.05, 0) is 46.8 Å². The summed E-state index contributed by atoms with van der Waals surface area (Å²) in [6, 6.07) is 5.77. The topological polar surface area (TPSA) is 29.5 Å². The molecule has 3 nitrogen and oxygen atoms in total. The Balaban J connectivity index is 2.27. The largest absolute Gasteiger partial charge is 0.483 e. The first-order chi connectivity index (χ1) is 9.54. The number of allylic oxidation sites excluding steroid dienone is 1. The molecular formula is C14H15BrClNO2S. The predicted molar refractivity (Wildman–Crippen MR) is 88.2 cm³/mol. The number of thioether (sulfide) groups is 1. The van der Waals surface area contributed by atoms with Crippen LogP contribution in [0, 0.1) is 0 Å². The number of halogens is 2. The number of hydrogen-bond acceptors (Lipinski definition) is 3. The Bertz CT molecular complexity index is 550. The van der Waals surface area contributed by atoms with Crippen molar-refractivity contribution in [1.82, 2.24) is 4.90 Å². The molecule has 0 spiro atoms. The average Bonchev–Trinajstić information content (AvgIpc) is 2.44. The van der Waals surface area contributed by atoms with E-state index in [-0.39, 0.29) is 5.91 Å². The molecule has 1 atom stereocenters. The number of ether oxygens (including phenoxy) is 1. The number of carbonyl (C=O) groups is 1. The molecular weight excluding hydrogens is 362 g/mol. The first-order valence-electron chi connectivity index (χ1n) is 6.08. The number of alkyl halides is 1. The fourth-order valence-electron chi connectivity index (χ4n) is 1.99. The molecule has 1 amide bonds. The molecule has 1 aromatic rings. The number of carbonyl (C=O) groups excluding carboxylic acids is 1. The standard InChI is InChI=1S/C14H15BrClNO2S/c1-17-13(6-5-12(16)14(17)18)10-4-3-9(7-11(10)15)19-8-20-2/h3-4,6-7,12H,5,8H2,1-2H3. The van der Waals surface area contributed by atoms with Crippen molar-refractivity contribution in [2.75, 3.05) is 19.2 Å². The Morgan fingerprint density at radius 2 is 2.30 bits per heavy atom. The highest BCUT2D eigenvalue weighted by molar-refractivity contribution is 9.10. The van der Waals surface area contributed by atoms with Gasteiger partial charge in [0.25, 0.3) is 0 Å². The van der Waals surface area contributed by atoms with Gasteiger partial charge in [0.15, 0.2) is 0 Å². The fourth-order valence-corrected chi connectivity index (χ4v) is 3.04. The zero-order valence-corrected chi connectivity index (χ0v) is 14.4. The first kappa shape index (κ1) is 15.7. The normalized spacial score (nSPS) is 19.0. The van der Waals surface area contributed by atoms with Crippen LogP contribution in [0.1, 0.15) is 12.0 Å². The molecule has 1 aromatic carbocycles. The van der Waals surface area contributed by atoms with Crippen LogP contribution in [-0.2, 0) is 4.79 Å². The van der Waals surface area contributed by atoms with E-state index in [1.54, 1.807) is 23.7 Å². The van der Waals surface area contributed by atoms with Crippen LogP contribution in [0.15, 0.2) is 28.7 Å². The van der Waals surface area contributed by atoms with Crippen LogP contribution < -0.4 is 4.74 Å². The molecule has 0 radical (unpaired) electrons. The van der Waals surface area contributed by atoms with Crippen molar-refractivity contribution in [3.8, 4) is 5.75 Å². The second kappa shape index (κ2) is 6.87. The quantitative estimate of drug-likeness (QED) is 0.588. The van der Waals surface area contributed by atoms with E-state index in [2.05, 4.69) is 15.9 Å². The van der Waals surface area contributed by atoms with Gasteiger partial charge in [0.2, 0.25) is 5.91 Å². The molecule has 0 aromatic heterocycles. The fraction of sp³-hybridized carbons (Fsp3) is 0.357. The van der Waals surface area contributed by atoms with Crippen LogP contribution in [0.4, 0.5) is 0 Å². The zero-order valence-electron chi connectivity index (χ0n) is 11.2. The van der Waals surface area contributed by atoms with Crippen LogP contribution in [0.5, 0.6) is 5.75 Å². The number of rotatable bonds is 4. The van der Waals surface area contributed by atoms with Gasteiger partial charge in [0, 0.05) is 22.8 Å². The van der Waals surface area contributed by atoms with E-state index in [9.17, 15) is 4.79 Å². The summed E-state index contributed by atoms with van der Waals surface area (Å²) in [6.07, 6.45) is 4.53. The minimum Gasteiger partial charge on any atom is -0.483 e. The van der Waals surface area contributed by atoms with Crippen molar-refractivity contribution in [2.45, 2.75) is 11.8 Å². The van der Waals surface area contributed by atoms with Crippen LogP contribution in [0.2, 0.25) is 0 Å². The molecule has 0 N–H and O–H groups in total. The third-order valence-electron chi connectivity index (χ3n) is 3.04. The third-order valence-corrected chi connectivity index (χ3v) is 4.41. The Kier molecular flexibility index (Phi) is 5.41. The zero-order chi connectivity index (χ0) is 14.7. The van der Waals surface area contributed by atoms with Crippen molar-refractivity contribution < 1.29 is 9.53 Å². The van der Waals surface area contributed by atoms with Crippen molar-refractivity contribution in [2.24, 2.45) is 0 Å². The number of nitrogens with zero attached hydrogens (tertiary/aromatic N) is 1. The van der Waals surface area contributed by atoms with Gasteiger partial charge in [0.1, 0.15) is 17.1 Å². The van der Waals surface area contributed by atoms with Crippen LogP contribution in [0.3, 0.4) is 0 Å². The van der Waals surface area contributed by atoms with Gasteiger partial charge in [-0.25, -0.2) is 0 Å². The molecule has 1 unspecified atom stereocenters. The van der Waals surface area contributed by atoms with Gasteiger partial charge < -0.3 is 9.64 Å². The van der Waals surface area contributed by atoms with E-state index in [0.717, 1.165) is 21.5 Å². The summed E-state index contributed by atoms with van der Waals surface area (Å²) in [5.41, 5.74) is 1.83. The number of amides is 1. The highest BCUT2D eigenvalue weighted by atomic mass is 79.9. The Hall–Kier alpha value is -0.650. The van der Waals surface area contributed by atoms with Gasteiger partial charge in [-0.3, -0.25) is 4.79 Å². The smallest absolute Gasteiger partial charge is 0.245 e. The average molecular weight is 377 g/mol. The van der Waals surface area contributed by atoms with E-state index < -0.39 is 5.38 Å². The summed E-state index contributed by atoms with van der Waals surface area (Å²) in [5.74, 6) is 1.34. The molecule has 0 bridgehead atoms. The Morgan fingerprint density at radius 1 is 1.55 bits per heavy atom. The van der Waals surface area contributed by atoms with Crippen molar-refractivity contribution in [3.05, 3.63) is 34.3 Å². The monoisotopic (exact) mass is 375 g/mol. The highest BCUT2D eigenvalue weighted by Gasteiger charge is 2.27. The SMILES string of the molecule is CSCOc1ccc(C2=CCC(Cl)C(=O)N2C)c(Br)c1. The number of hydrogen-bond donors (Lipinski definition) is 0. The van der Waals surface area contributed by atoms with Crippen molar-refractivity contribution >= 4 is 50.9 Å². The molecule has 0 aliphatic carbocycles. The second-order valence-electron chi connectivity index (χ2n) is 4.38. The maximum Gasteiger partial charge on any atom is 0.245 e. The molecule has 1 heterocycles. The van der Waals surface area contributed by atoms with E-state index in [1.807, 2.05) is 30.5 Å². The summed E-state index contributed by atoms with van der Waals surface area (Å²) in [7, 11) is 1.74. The van der Waals surface area contributed by atoms with E-state index >= 15 is 0 Å². The Morgan fingerprint density at radius 3 is 2.95 bits per heavy atom. The summed E-state index contributed by atoms with van der Waals surface area (Å²) < 4.78 is 6.45. The minimum atomic E-state index is -0.466. The second-order valence-corrected chi connectivity index (χ2v) is 6.58. The lowest BCUT2D eigenvalue weighted by atomic mass is 10.0. The lowest BCUT2D eigenvalue weighted by molar-refractivity contribution is -0.126. The van der Waals surface area contributed by atoms with Gasteiger partial charge >= 0.3 is 0 Å². The van der Waals surface area contributed by atoms with Gasteiger partial charge in [-0.1, -0.05) is 6.08 Å². The summed E-state index contributed by atoms with van der Waals surface area (Å²) in [4.78, 5) is 13.5. The van der Waals surface area contributed by atoms with Gasteiger partial charge in [-0.2, -0.15) is 0 Å². The molecule has 2 rings (SSSR count). The summed E-state index contributed by atoms with van der Waals surface area (Å²) >= 11 is 11.1. The highest BCUT2D eigenvalue weighted by Crippen LogP contribution is 2.33. The number of benzene rings is 1. The summed E-state index contributed by atoms with van der Waals surface area (Å²) in [6.45, 7) is 0. The lowest BCUT2D eigenvalue weighted by Gasteiger charge is -2.28. The van der Waals surface area contributed by atoms with E-state index in [1.165, 1.54) is 0 Å². The van der Waals surface area contributed by atoms with Crippen LogP contribution >= 0.6 is 39.3 Å². The van der Waals surface area contributed by atoms with E-state index in [0.29, 0.717) is 12.4 Å². The van der Waals surface area contributed by atoms with Crippen LogP contribution in [-0.4, -0.2) is 35.4 Å². The van der Waals surface area contributed by atoms with Gasteiger partial charge in [-0.15, -0.1) is 23.4 Å². The molecule has 6 heteroatoms. The maximum absolute atomic E-state index is 11.9. The summed E-state index contributed by atoms with van der Waals surface area (Å²) in [5, 5.41) is -0.466. The van der Waals surface area contributed by atoms with Gasteiger partial charge in [0.05, 0.1) is 0 Å². The maximum atomic E-state index is 11.9. The predicted octanol–water partition coefficient (Wildman–Crippen LogP) is 3.96. The molecule has 20 heavy (non-hydrogen) atoms.